The topological polar surface area (TPSA) is 59.6 Å². The van der Waals surface area contributed by atoms with Crippen LogP contribution >= 0.6 is 12.4 Å². The maximum atomic E-state index is 12.1. The number of benzene rings is 1. The standard InChI is InChI=1S/C14H18N2O3.ClH/c1-9(16-14(17)11-4-5-15-7-11)10-2-3-12-13(6-10)19-8-18-12;/h2-3,6,9,11,15H,4-5,7-8H2,1H3,(H,16,17);1H. The van der Waals surface area contributed by atoms with E-state index < -0.39 is 0 Å². The van der Waals surface area contributed by atoms with Gasteiger partial charge in [-0.1, -0.05) is 6.07 Å². The van der Waals surface area contributed by atoms with Crippen LogP contribution in [0.15, 0.2) is 18.2 Å². The monoisotopic (exact) mass is 298 g/mol. The van der Waals surface area contributed by atoms with Crippen LogP contribution in [0.1, 0.15) is 24.9 Å². The SMILES string of the molecule is CC(NC(=O)C1CCNC1)c1ccc2c(c1)OCO2.Cl. The van der Waals surface area contributed by atoms with Crippen LogP contribution in [-0.2, 0) is 4.79 Å². The van der Waals surface area contributed by atoms with Gasteiger partial charge >= 0.3 is 0 Å². The molecule has 2 unspecified atom stereocenters. The first-order valence-corrected chi connectivity index (χ1v) is 6.64. The lowest BCUT2D eigenvalue weighted by molar-refractivity contribution is -0.125. The lowest BCUT2D eigenvalue weighted by Crippen LogP contribution is -2.33. The third-order valence-electron chi connectivity index (χ3n) is 3.69. The van der Waals surface area contributed by atoms with Crippen molar-refractivity contribution in [1.82, 2.24) is 10.6 Å². The molecule has 6 heteroatoms. The summed E-state index contributed by atoms with van der Waals surface area (Å²) in [5.41, 5.74) is 1.03. The van der Waals surface area contributed by atoms with Crippen molar-refractivity contribution in [3.8, 4) is 11.5 Å². The molecule has 0 aromatic heterocycles. The van der Waals surface area contributed by atoms with E-state index in [1.54, 1.807) is 0 Å². The highest BCUT2D eigenvalue weighted by atomic mass is 35.5. The molecule has 5 nitrogen and oxygen atoms in total. The van der Waals surface area contributed by atoms with Crippen LogP contribution < -0.4 is 20.1 Å². The molecule has 1 fully saturated rings. The molecule has 2 atom stereocenters. The lowest BCUT2D eigenvalue weighted by atomic mass is 10.0. The van der Waals surface area contributed by atoms with Crippen molar-refractivity contribution >= 4 is 18.3 Å². The highest BCUT2D eigenvalue weighted by molar-refractivity contribution is 5.85. The van der Waals surface area contributed by atoms with Gasteiger partial charge in [-0.25, -0.2) is 0 Å². The predicted octanol–water partition coefficient (Wildman–Crippen LogP) is 1.62. The third kappa shape index (κ3) is 2.99. The molecule has 2 aliphatic heterocycles. The molecule has 2 aliphatic rings. The van der Waals surface area contributed by atoms with E-state index >= 15 is 0 Å². The van der Waals surface area contributed by atoms with Crippen molar-refractivity contribution < 1.29 is 14.3 Å². The Labute approximate surface area is 124 Å². The second kappa shape index (κ2) is 6.33. The largest absolute Gasteiger partial charge is 0.454 e. The smallest absolute Gasteiger partial charge is 0.231 e. The summed E-state index contributed by atoms with van der Waals surface area (Å²) in [5.74, 6) is 1.73. The molecule has 1 aromatic carbocycles. The molecular formula is C14H19ClN2O3. The molecule has 0 spiro atoms. The van der Waals surface area contributed by atoms with E-state index in [-0.39, 0.29) is 37.1 Å². The van der Waals surface area contributed by atoms with Crippen LogP contribution in [0.3, 0.4) is 0 Å². The molecular weight excluding hydrogens is 280 g/mol. The van der Waals surface area contributed by atoms with Crippen molar-refractivity contribution in [2.45, 2.75) is 19.4 Å². The zero-order valence-corrected chi connectivity index (χ0v) is 12.2. The summed E-state index contributed by atoms with van der Waals surface area (Å²) in [6.07, 6.45) is 0.916. The van der Waals surface area contributed by atoms with Crippen molar-refractivity contribution in [2.24, 2.45) is 5.92 Å². The molecule has 1 aromatic rings. The van der Waals surface area contributed by atoms with Crippen molar-refractivity contribution in [3.05, 3.63) is 23.8 Å². The molecule has 2 heterocycles. The van der Waals surface area contributed by atoms with Gasteiger partial charge in [0.05, 0.1) is 12.0 Å². The Morgan fingerprint density at radius 2 is 2.20 bits per heavy atom. The Hall–Kier alpha value is -1.46. The first-order valence-electron chi connectivity index (χ1n) is 6.64. The molecule has 0 radical (unpaired) electrons. The second-order valence-corrected chi connectivity index (χ2v) is 5.03. The van der Waals surface area contributed by atoms with Gasteiger partial charge in [-0.2, -0.15) is 0 Å². The number of fused-ring (bicyclic) bond motifs is 1. The average molecular weight is 299 g/mol. The van der Waals surface area contributed by atoms with Gasteiger partial charge in [-0.3, -0.25) is 4.79 Å². The van der Waals surface area contributed by atoms with E-state index in [4.69, 9.17) is 9.47 Å². The highest BCUT2D eigenvalue weighted by Crippen LogP contribution is 2.34. The Balaban J connectivity index is 0.00000147. The molecule has 3 rings (SSSR count). The van der Waals surface area contributed by atoms with E-state index in [0.29, 0.717) is 0 Å². The highest BCUT2D eigenvalue weighted by Gasteiger charge is 2.24. The van der Waals surface area contributed by atoms with Crippen molar-refractivity contribution in [3.63, 3.8) is 0 Å². The Kier molecular flexibility index (Phi) is 4.73. The van der Waals surface area contributed by atoms with Crippen LogP contribution in [0.25, 0.3) is 0 Å². The fourth-order valence-corrected chi connectivity index (χ4v) is 2.48. The van der Waals surface area contributed by atoms with E-state index in [2.05, 4.69) is 10.6 Å². The van der Waals surface area contributed by atoms with Gasteiger partial charge in [-0.05, 0) is 37.6 Å². The molecule has 0 bridgehead atoms. The summed E-state index contributed by atoms with van der Waals surface area (Å²) in [6, 6.07) is 5.76. The fourth-order valence-electron chi connectivity index (χ4n) is 2.48. The summed E-state index contributed by atoms with van der Waals surface area (Å²) in [4.78, 5) is 12.1. The number of ether oxygens (including phenoxy) is 2. The number of amides is 1. The molecule has 0 aliphatic carbocycles. The first kappa shape index (κ1) is 14.9. The number of halogens is 1. The molecule has 20 heavy (non-hydrogen) atoms. The van der Waals surface area contributed by atoms with Crippen molar-refractivity contribution in [2.75, 3.05) is 19.9 Å². The van der Waals surface area contributed by atoms with Gasteiger partial charge in [0.15, 0.2) is 11.5 Å². The van der Waals surface area contributed by atoms with Gasteiger partial charge in [0.1, 0.15) is 0 Å². The maximum absolute atomic E-state index is 12.1. The van der Waals surface area contributed by atoms with Crippen LogP contribution in [-0.4, -0.2) is 25.8 Å². The van der Waals surface area contributed by atoms with Gasteiger partial charge in [0.2, 0.25) is 12.7 Å². The summed E-state index contributed by atoms with van der Waals surface area (Å²) >= 11 is 0. The lowest BCUT2D eigenvalue weighted by Gasteiger charge is -2.17. The Morgan fingerprint density at radius 1 is 1.40 bits per heavy atom. The first-order chi connectivity index (χ1) is 9.24. The van der Waals surface area contributed by atoms with Gasteiger partial charge < -0.3 is 20.1 Å². The second-order valence-electron chi connectivity index (χ2n) is 5.03. The number of hydrogen-bond acceptors (Lipinski definition) is 4. The summed E-state index contributed by atoms with van der Waals surface area (Å²) in [5, 5.41) is 6.26. The van der Waals surface area contributed by atoms with Crippen LogP contribution in [0.4, 0.5) is 0 Å². The molecule has 1 amide bonds. The van der Waals surface area contributed by atoms with Gasteiger partial charge in [0.25, 0.3) is 0 Å². The van der Waals surface area contributed by atoms with Gasteiger partial charge in [-0.15, -0.1) is 12.4 Å². The van der Waals surface area contributed by atoms with Gasteiger partial charge in [0, 0.05) is 6.54 Å². The minimum Gasteiger partial charge on any atom is -0.454 e. The fraction of sp³-hybridized carbons (Fsp3) is 0.500. The Morgan fingerprint density at radius 3 is 2.95 bits per heavy atom. The number of carbonyl (C=O) groups excluding carboxylic acids is 1. The van der Waals surface area contributed by atoms with E-state index in [1.807, 2.05) is 25.1 Å². The molecule has 0 saturated carbocycles. The van der Waals surface area contributed by atoms with Crippen LogP contribution in [0.2, 0.25) is 0 Å². The van der Waals surface area contributed by atoms with Crippen molar-refractivity contribution in [1.29, 1.82) is 0 Å². The van der Waals surface area contributed by atoms with Crippen LogP contribution in [0, 0.1) is 5.92 Å². The average Bonchev–Trinajstić information content (AvgIpc) is 3.09. The zero-order valence-electron chi connectivity index (χ0n) is 11.3. The van der Waals surface area contributed by atoms with E-state index in [0.717, 1.165) is 36.6 Å². The summed E-state index contributed by atoms with van der Waals surface area (Å²) < 4.78 is 10.6. The normalized spacial score (nSPS) is 21.1. The predicted molar refractivity (Wildman–Crippen MR) is 77.3 cm³/mol. The number of hydrogen-bond donors (Lipinski definition) is 2. The third-order valence-corrected chi connectivity index (χ3v) is 3.69. The Bertz CT molecular complexity index is 489. The number of carbonyl (C=O) groups is 1. The molecule has 2 N–H and O–H groups in total. The minimum absolute atomic E-state index is 0. The molecule has 110 valence electrons. The van der Waals surface area contributed by atoms with E-state index in [9.17, 15) is 4.79 Å². The summed E-state index contributed by atoms with van der Waals surface area (Å²) in [7, 11) is 0. The molecule has 1 saturated heterocycles. The zero-order chi connectivity index (χ0) is 13.2. The van der Waals surface area contributed by atoms with Crippen LogP contribution in [0.5, 0.6) is 11.5 Å². The van der Waals surface area contributed by atoms with E-state index in [1.165, 1.54) is 0 Å². The summed E-state index contributed by atoms with van der Waals surface area (Å²) in [6.45, 7) is 3.96. The maximum Gasteiger partial charge on any atom is 0.231 e. The minimum atomic E-state index is -0.0254. The number of rotatable bonds is 3. The quantitative estimate of drug-likeness (QED) is 0.890. The number of nitrogens with one attached hydrogen (secondary N) is 2.